The maximum Gasteiger partial charge on any atom is 0.323 e. The van der Waals surface area contributed by atoms with Crippen molar-refractivity contribution in [2.75, 3.05) is 44.4 Å². The molecule has 1 aromatic rings. The highest BCUT2D eigenvalue weighted by molar-refractivity contribution is 5.36. The van der Waals surface area contributed by atoms with Gasteiger partial charge in [-0.1, -0.05) is 0 Å². The molecule has 0 saturated heterocycles. The summed E-state index contributed by atoms with van der Waals surface area (Å²) in [7, 11) is 4.26. The van der Waals surface area contributed by atoms with Crippen molar-refractivity contribution >= 4 is 11.9 Å². The molecule has 0 unspecified atom stereocenters. The molecular weight excluding hydrogens is 268 g/mol. The number of nitrogens with zero attached hydrogens (tertiary/aromatic N) is 4. The third kappa shape index (κ3) is 3.72. The van der Waals surface area contributed by atoms with Gasteiger partial charge in [-0.25, -0.2) is 0 Å². The van der Waals surface area contributed by atoms with Gasteiger partial charge in [-0.2, -0.15) is 15.0 Å². The quantitative estimate of drug-likeness (QED) is 0.754. The molecule has 0 spiro atoms. The molecule has 1 saturated carbocycles. The van der Waals surface area contributed by atoms with Crippen LogP contribution in [0, 0.1) is 0 Å². The van der Waals surface area contributed by atoms with Crippen LogP contribution in [-0.2, 0) is 0 Å². The molecule has 7 heteroatoms. The highest BCUT2D eigenvalue weighted by Gasteiger charge is 2.38. The van der Waals surface area contributed by atoms with Crippen LogP contribution in [0.2, 0.25) is 0 Å². The Morgan fingerprint density at radius 2 is 1.76 bits per heavy atom. The van der Waals surface area contributed by atoms with E-state index in [0.29, 0.717) is 24.5 Å². The van der Waals surface area contributed by atoms with E-state index in [2.05, 4.69) is 44.6 Å². The number of rotatable bonds is 8. The van der Waals surface area contributed by atoms with E-state index in [9.17, 15) is 0 Å². The zero-order valence-electron chi connectivity index (χ0n) is 13.4. The predicted molar refractivity (Wildman–Crippen MR) is 83.9 cm³/mol. The Morgan fingerprint density at radius 1 is 1.10 bits per heavy atom. The van der Waals surface area contributed by atoms with Gasteiger partial charge in [-0.15, -0.1) is 0 Å². The fraction of sp³-hybridized carbons (Fsp3) is 0.786. The fourth-order valence-electron chi connectivity index (χ4n) is 2.48. The summed E-state index contributed by atoms with van der Waals surface area (Å²) in [6.45, 7) is 6.06. The van der Waals surface area contributed by atoms with Crippen LogP contribution >= 0.6 is 0 Å². The average Bonchev–Trinajstić information content (AvgIpc) is 2.37. The molecule has 2 N–H and O–H groups in total. The van der Waals surface area contributed by atoms with Gasteiger partial charge in [0, 0.05) is 18.6 Å². The first-order valence-electron chi connectivity index (χ1n) is 7.63. The van der Waals surface area contributed by atoms with Crippen LogP contribution in [-0.4, -0.2) is 59.2 Å². The van der Waals surface area contributed by atoms with Crippen molar-refractivity contribution < 1.29 is 4.74 Å². The highest BCUT2D eigenvalue weighted by atomic mass is 16.5. The molecule has 2 rings (SSSR count). The summed E-state index contributed by atoms with van der Waals surface area (Å²) in [6, 6.07) is 0.360. The van der Waals surface area contributed by atoms with E-state index in [-0.39, 0.29) is 5.54 Å². The smallest absolute Gasteiger partial charge is 0.323 e. The molecule has 118 valence electrons. The van der Waals surface area contributed by atoms with Gasteiger partial charge in [-0.05, 0) is 47.2 Å². The molecule has 1 aliphatic carbocycles. The minimum atomic E-state index is 0.219. The van der Waals surface area contributed by atoms with Crippen LogP contribution in [0.25, 0.3) is 0 Å². The summed E-state index contributed by atoms with van der Waals surface area (Å²) in [6.07, 6.45) is 3.69. The molecule has 0 radical (unpaired) electrons. The Balaban J connectivity index is 2.07. The normalized spacial score (nSPS) is 16.4. The number of hydrogen-bond donors (Lipinski definition) is 2. The molecule has 1 aromatic heterocycles. The summed E-state index contributed by atoms with van der Waals surface area (Å²) < 4.78 is 5.40. The van der Waals surface area contributed by atoms with Crippen LogP contribution in [0.5, 0.6) is 6.01 Å². The molecule has 1 aliphatic rings. The number of ether oxygens (including phenoxy) is 1. The van der Waals surface area contributed by atoms with Crippen molar-refractivity contribution in [1.82, 2.24) is 19.9 Å². The lowest BCUT2D eigenvalue weighted by molar-refractivity contribution is 0.0737. The van der Waals surface area contributed by atoms with E-state index in [1.54, 1.807) is 0 Å². The second-order valence-corrected chi connectivity index (χ2v) is 5.55. The van der Waals surface area contributed by atoms with Crippen molar-refractivity contribution in [3.05, 3.63) is 0 Å². The van der Waals surface area contributed by atoms with E-state index in [4.69, 9.17) is 4.74 Å². The van der Waals surface area contributed by atoms with Gasteiger partial charge in [-0.3, -0.25) is 0 Å². The van der Waals surface area contributed by atoms with E-state index < -0.39 is 0 Å². The second kappa shape index (κ2) is 6.89. The van der Waals surface area contributed by atoms with E-state index in [0.717, 1.165) is 13.1 Å². The van der Waals surface area contributed by atoms with Gasteiger partial charge in [0.15, 0.2) is 0 Å². The van der Waals surface area contributed by atoms with Crippen molar-refractivity contribution in [3.8, 4) is 6.01 Å². The van der Waals surface area contributed by atoms with Gasteiger partial charge in [0.05, 0.1) is 6.61 Å². The first-order valence-corrected chi connectivity index (χ1v) is 7.63. The van der Waals surface area contributed by atoms with E-state index >= 15 is 0 Å². The Hall–Kier alpha value is -1.63. The largest absolute Gasteiger partial charge is 0.464 e. The van der Waals surface area contributed by atoms with Crippen LogP contribution in [0.4, 0.5) is 11.9 Å². The molecule has 0 aliphatic heterocycles. The lowest BCUT2D eigenvalue weighted by Gasteiger charge is -2.47. The third-order valence-electron chi connectivity index (χ3n) is 4.03. The molecule has 1 fully saturated rings. The number of anilines is 2. The summed E-state index contributed by atoms with van der Waals surface area (Å²) >= 11 is 0. The topological polar surface area (TPSA) is 75.2 Å². The first-order chi connectivity index (χ1) is 10.1. The van der Waals surface area contributed by atoms with Crippen LogP contribution in [0.15, 0.2) is 0 Å². The standard InChI is InChI=1S/C14H26N6O/c1-5-15-11-17-12(19-13(18-11)21-6-2)16-10-14(20(3)4)8-7-9-14/h5-10H2,1-4H3,(H2,15,16,17,18,19). The summed E-state index contributed by atoms with van der Waals surface area (Å²) in [5, 5.41) is 6.44. The number of hydrogen-bond acceptors (Lipinski definition) is 7. The van der Waals surface area contributed by atoms with Crippen LogP contribution < -0.4 is 15.4 Å². The fourth-order valence-corrected chi connectivity index (χ4v) is 2.48. The summed E-state index contributed by atoms with van der Waals surface area (Å²) in [5.41, 5.74) is 0.219. The molecule has 1 heterocycles. The minimum absolute atomic E-state index is 0.219. The third-order valence-corrected chi connectivity index (χ3v) is 4.03. The van der Waals surface area contributed by atoms with Crippen molar-refractivity contribution in [2.24, 2.45) is 0 Å². The minimum Gasteiger partial charge on any atom is -0.464 e. The zero-order valence-corrected chi connectivity index (χ0v) is 13.4. The van der Waals surface area contributed by atoms with Crippen molar-refractivity contribution in [1.29, 1.82) is 0 Å². The van der Waals surface area contributed by atoms with Gasteiger partial charge < -0.3 is 20.3 Å². The van der Waals surface area contributed by atoms with Gasteiger partial charge in [0.25, 0.3) is 0 Å². The SMILES string of the molecule is CCNc1nc(NCC2(N(C)C)CCC2)nc(OCC)n1. The molecule has 0 amide bonds. The van der Waals surface area contributed by atoms with E-state index in [1.807, 2.05) is 13.8 Å². The molecule has 0 aromatic carbocycles. The number of likely N-dealkylation sites (N-methyl/N-ethyl adjacent to an activating group) is 1. The maximum absolute atomic E-state index is 5.40. The predicted octanol–water partition coefficient (Wildman–Crippen LogP) is 1.60. The van der Waals surface area contributed by atoms with E-state index in [1.165, 1.54) is 19.3 Å². The Kier molecular flexibility index (Phi) is 5.17. The highest BCUT2D eigenvalue weighted by Crippen LogP contribution is 2.36. The second-order valence-electron chi connectivity index (χ2n) is 5.55. The Bertz CT molecular complexity index is 437. The van der Waals surface area contributed by atoms with Gasteiger partial charge in [0.2, 0.25) is 11.9 Å². The van der Waals surface area contributed by atoms with Crippen molar-refractivity contribution in [3.63, 3.8) is 0 Å². The lowest BCUT2D eigenvalue weighted by Crippen LogP contribution is -2.54. The molecular formula is C14H26N6O. The first kappa shape index (κ1) is 15.8. The summed E-state index contributed by atoms with van der Waals surface area (Å²) in [5.74, 6) is 1.11. The van der Waals surface area contributed by atoms with Gasteiger partial charge in [0.1, 0.15) is 0 Å². The summed E-state index contributed by atoms with van der Waals surface area (Å²) in [4.78, 5) is 15.2. The Labute approximate surface area is 126 Å². The number of nitrogens with one attached hydrogen (secondary N) is 2. The Morgan fingerprint density at radius 3 is 2.24 bits per heavy atom. The monoisotopic (exact) mass is 294 g/mol. The zero-order chi connectivity index (χ0) is 15.3. The average molecular weight is 294 g/mol. The lowest BCUT2D eigenvalue weighted by atomic mass is 9.75. The number of aromatic nitrogens is 3. The van der Waals surface area contributed by atoms with Crippen LogP contribution in [0.1, 0.15) is 33.1 Å². The molecule has 7 nitrogen and oxygen atoms in total. The maximum atomic E-state index is 5.40. The molecule has 0 bridgehead atoms. The van der Waals surface area contributed by atoms with Crippen LogP contribution in [0.3, 0.4) is 0 Å². The molecule has 21 heavy (non-hydrogen) atoms. The molecule has 0 atom stereocenters. The van der Waals surface area contributed by atoms with Gasteiger partial charge >= 0.3 is 6.01 Å². The van der Waals surface area contributed by atoms with Crippen molar-refractivity contribution in [2.45, 2.75) is 38.6 Å².